The molecule has 128 valence electrons. The van der Waals surface area contributed by atoms with Crippen LogP contribution in [0.25, 0.3) is 0 Å². The Kier molecular flexibility index (Phi) is 18.1. The Morgan fingerprint density at radius 1 is 0.381 bits per heavy atom. The van der Waals surface area contributed by atoms with E-state index < -0.39 is 0 Å². The second-order valence-corrected chi connectivity index (χ2v) is 6.82. The molecular formula is C21H44. The highest BCUT2D eigenvalue weighted by Gasteiger charge is 1.94. The van der Waals surface area contributed by atoms with Crippen LogP contribution in [0.15, 0.2) is 0 Å². The Hall–Kier alpha value is 0. The lowest BCUT2D eigenvalue weighted by Crippen LogP contribution is -1.83. The molecule has 0 aliphatic rings. The summed E-state index contributed by atoms with van der Waals surface area (Å²) in [5.41, 5.74) is 0. The fourth-order valence-electron chi connectivity index (χ4n) is 2.99. The van der Waals surface area contributed by atoms with Crippen LogP contribution in [-0.4, -0.2) is 0 Å². The largest absolute Gasteiger partial charge is 0.0654 e. The van der Waals surface area contributed by atoms with E-state index >= 15 is 0 Å². The molecule has 0 amide bonds. The summed E-state index contributed by atoms with van der Waals surface area (Å²) in [6.45, 7) is 4.56. The van der Waals surface area contributed by atoms with Gasteiger partial charge in [-0.3, -0.25) is 0 Å². The van der Waals surface area contributed by atoms with Gasteiger partial charge in [0, 0.05) is 1.37 Å². The van der Waals surface area contributed by atoms with Crippen LogP contribution in [0.5, 0.6) is 0 Å². The zero-order chi connectivity index (χ0) is 16.3. The molecular weight excluding hydrogens is 252 g/mol. The van der Waals surface area contributed by atoms with E-state index in [1.54, 1.807) is 0 Å². The van der Waals surface area contributed by atoms with Gasteiger partial charge in [-0.2, -0.15) is 0 Å². The van der Waals surface area contributed by atoms with Gasteiger partial charge >= 0.3 is 0 Å². The summed E-state index contributed by atoms with van der Waals surface area (Å²) in [6.07, 6.45) is 24.7. The second kappa shape index (κ2) is 20.0. The van der Waals surface area contributed by atoms with Crippen LogP contribution in [0.1, 0.15) is 137 Å². The van der Waals surface area contributed by atoms with Crippen molar-refractivity contribution in [3.63, 3.8) is 0 Å². The average Bonchev–Trinajstić information content (AvgIpc) is 2.52. The first-order valence-electron chi connectivity index (χ1n) is 10.8. The number of unbranched alkanes of at least 4 members (excludes halogenated alkanes) is 14. The molecule has 0 unspecified atom stereocenters. The van der Waals surface area contributed by atoms with Crippen LogP contribution in [-0.2, 0) is 0 Å². The molecule has 0 heteroatoms. The molecule has 0 heterocycles. The molecule has 0 nitrogen and oxygen atoms in total. The monoisotopic (exact) mass is 297 g/mol. The van der Waals surface area contributed by atoms with Crippen molar-refractivity contribution >= 4 is 0 Å². The Morgan fingerprint density at radius 3 is 0.905 bits per heavy atom. The summed E-state index contributed by atoms with van der Waals surface area (Å²) in [4.78, 5) is 0. The molecule has 0 saturated carbocycles. The first kappa shape index (κ1) is 19.0. The van der Waals surface area contributed by atoms with Gasteiger partial charge in [-0.25, -0.2) is 0 Å². The summed E-state index contributed by atoms with van der Waals surface area (Å²) in [5, 5.41) is 0. The highest BCUT2D eigenvalue weighted by molar-refractivity contribution is 4.50. The molecule has 21 heavy (non-hydrogen) atoms. The van der Waals surface area contributed by atoms with E-state index in [9.17, 15) is 0 Å². The molecule has 0 rings (SSSR count). The lowest BCUT2D eigenvalue weighted by Gasteiger charge is -2.03. The molecule has 0 radical (unpaired) electrons. The molecule has 0 aliphatic heterocycles. The Balaban J connectivity index is 3.11. The van der Waals surface area contributed by atoms with Gasteiger partial charge in [0.1, 0.15) is 0 Å². The summed E-state index contributed by atoms with van der Waals surface area (Å²) >= 11 is 0. The van der Waals surface area contributed by atoms with Crippen molar-refractivity contribution in [3.05, 3.63) is 0 Å². The van der Waals surface area contributed by atoms with Crippen molar-refractivity contribution in [2.75, 3.05) is 0 Å². The van der Waals surface area contributed by atoms with Gasteiger partial charge in [-0.05, 0) is 0 Å². The van der Waals surface area contributed by atoms with Crippen molar-refractivity contribution in [1.29, 1.82) is 0 Å². The fraction of sp³-hybridized carbons (Fsp3) is 1.00. The molecule has 0 aromatic heterocycles. The van der Waals surface area contributed by atoms with Crippen LogP contribution >= 0.6 is 0 Å². The standard InChI is InChI=1S/C21H44/c1-3-5-7-9-11-13-15-17-19-21-20-18-16-14-12-10-8-6-4-2/h3-21H2,1-2H3/i21D. The third-order valence-corrected chi connectivity index (χ3v) is 4.52. The first-order valence-corrected chi connectivity index (χ1v) is 10.2. The third-order valence-electron chi connectivity index (χ3n) is 4.52. The topological polar surface area (TPSA) is 0 Å². The number of hydrogen-bond acceptors (Lipinski definition) is 0. The lowest BCUT2D eigenvalue weighted by molar-refractivity contribution is 0.524. The normalized spacial score (nSPS) is 12.0. The number of hydrogen-bond donors (Lipinski definition) is 0. The molecule has 0 bridgehead atoms. The molecule has 0 fully saturated rings. The van der Waals surface area contributed by atoms with Crippen LogP contribution in [0.3, 0.4) is 0 Å². The fourth-order valence-corrected chi connectivity index (χ4v) is 2.99. The minimum Gasteiger partial charge on any atom is -0.0654 e. The molecule has 0 aromatic carbocycles. The van der Waals surface area contributed by atoms with Gasteiger partial charge in [0.15, 0.2) is 0 Å². The van der Waals surface area contributed by atoms with E-state index in [-0.39, 0.29) is 6.40 Å². The Bertz CT molecular complexity index is 170. The van der Waals surface area contributed by atoms with Crippen molar-refractivity contribution in [2.24, 2.45) is 0 Å². The van der Waals surface area contributed by atoms with E-state index in [0.29, 0.717) is 0 Å². The van der Waals surface area contributed by atoms with Crippen molar-refractivity contribution in [1.82, 2.24) is 0 Å². The molecule has 0 atom stereocenters. The maximum Gasteiger partial charge on any atom is 0.0267 e. The summed E-state index contributed by atoms with van der Waals surface area (Å²) in [6, 6.07) is 0. The van der Waals surface area contributed by atoms with Gasteiger partial charge in [0.25, 0.3) is 0 Å². The minimum atomic E-state index is 0.222. The first-order chi connectivity index (χ1) is 10.8. The lowest BCUT2D eigenvalue weighted by atomic mass is 10.0. The highest BCUT2D eigenvalue weighted by Crippen LogP contribution is 2.14. The summed E-state index contributed by atoms with van der Waals surface area (Å²) in [5.74, 6) is 0. The van der Waals surface area contributed by atoms with E-state index in [1.165, 1.54) is 103 Å². The Morgan fingerprint density at radius 2 is 0.619 bits per heavy atom. The summed E-state index contributed by atoms with van der Waals surface area (Å²) < 4.78 is 8.11. The minimum absolute atomic E-state index is 0.222. The maximum atomic E-state index is 8.11. The maximum absolute atomic E-state index is 8.11. The predicted octanol–water partition coefficient (Wildman–Crippen LogP) is 8.44. The van der Waals surface area contributed by atoms with Crippen LogP contribution in [0.4, 0.5) is 0 Å². The SMILES string of the molecule is [2H]C(CCCCCCCCCC)CCCCCCCCCC. The smallest absolute Gasteiger partial charge is 0.0267 e. The van der Waals surface area contributed by atoms with Crippen LogP contribution < -0.4 is 0 Å². The van der Waals surface area contributed by atoms with E-state index in [1.807, 2.05) is 0 Å². The summed E-state index contributed by atoms with van der Waals surface area (Å²) in [7, 11) is 0. The van der Waals surface area contributed by atoms with Crippen molar-refractivity contribution in [3.8, 4) is 0 Å². The predicted molar refractivity (Wildman–Crippen MR) is 99.1 cm³/mol. The van der Waals surface area contributed by atoms with Gasteiger partial charge < -0.3 is 0 Å². The molecule has 0 saturated heterocycles. The van der Waals surface area contributed by atoms with Gasteiger partial charge in [0.2, 0.25) is 0 Å². The van der Waals surface area contributed by atoms with Crippen LogP contribution in [0.2, 0.25) is 0 Å². The zero-order valence-electron chi connectivity index (χ0n) is 16.3. The van der Waals surface area contributed by atoms with Crippen molar-refractivity contribution in [2.45, 2.75) is 136 Å². The van der Waals surface area contributed by atoms with Crippen molar-refractivity contribution < 1.29 is 1.37 Å². The molecule has 0 spiro atoms. The molecule has 0 aromatic rings. The van der Waals surface area contributed by atoms with Gasteiger partial charge in [-0.1, -0.05) is 136 Å². The molecule has 0 aliphatic carbocycles. The Labute approximate surface area is 137 Å². The average molecular weight is 298 g/mol. The quantitative estimate of drug-likeness (QED) is 0.223. The van der Waals surface area contributed by atoms with Gasteiger partial charge in [-0.15, -0.1) is 0 Å². The van der Waals surface area contributed by atoms with E-state index in [4.69, 9.17) is 1.37 Å². The highest BCUT2D eigenvalue weighted by atomic mass is 14.0. The van der Waals surface area contributed by atoms with Gasteiger partial charge in [0.05, 0.1) is 0 Å². The molecule has 0 N–H and O–H groups in total. The zero-order valence-corrected chi connectivity index (χ0v) is 15.3. The van der Waals surface area contributed by atoms with Crippen LogP contribution in [0, 0.1) is 0 Å². The number of rotatable bonds is 18. The van der Waals surface area contributed by atoms with E-state index in [2.05, 4.69) is 13.8 Å². The second-order valence-electron chi connectivity index (χ2n) is 6.82. The third kappa shape index (κ3) is 20.0. The van der Waals surface area contributed by atoms with E-state index in [0.717, 1.165) is 12.8 Å².